The summed E-state index contributed by atoms with van der Waals surface area (Å²) in [4.78, 5) is 3.83. The van der Waals surface area contributed by atoms with Crippen molar-refractivity contribution in [2.24, 2.45) is 0 Å². The number of hydrogen-bond acceptors (Lipinski definition) is 3. The Kier molecular flexibility index (Phi) is 4.70. The van der Waals surface area contributed by atoms with E-state index in [1.54, 1.807) is 23.5 Å². The molecule has 0 bridgehead atoms. The minimum absolute atomic E-state index is 0.164. The molecule has 0 saturated carbocycles. The third-order valence-corrected chi connectivity index (χ3v) is 7.21. The van der Waals surface area contributed by atoms with Gasteiger partial charge in [0.1, 0.15) is 5.75 Å². The molecule has 1 fully saturated rings. The molecule has 1 saturated heterocycles. The summed E-state index contributed by atoms with van der Waals surface area (Å²) in [5.74, 6) is 0.984. The highest BCUT2D eigenvalue weighted by atomic mass is 32.2. The van der Waals surface area contributed by atoms with E-state index in [4.69, 9.17) is 4.74 Å². The van der Waals surface area contributed by atoms with Gasteiger partial charge in [-0.05, 0) is 56.2 Å². The Hall–Kier alpha value is -2.31. The van der Waals surface area contributed by atoms with Crippen LogP contribution in [0.15, 0.2) is 53.4 Å². The number of fused-ring (bicyclic) bond motifs is 1. The molecule has 1 aliphatic heterocycles. The number of H-pyrrole nitrogens is 1. The summed E-state index contributed by atoms with van der Waals surface area (Å²) in [6.45, 7) is 3.03. The van der Waals surface area contributed by atoms with Crippen molar-refractivity contribution in [2.75, 3.05) is 20.2 Å². The van der Waals surface area contributed by atoms with Crippen LogP contribution < -0.4 is 4.74 Å². The zero-order chi connectivity index (χ0) is 19.0. The van der Waals surface area contributed by atoms with Crippen LogP contribution in [-0.2, 0) is 10.0 Å². The molecular weight excluding hydrogens is 360 g/mol. The van der Waals surface area contributed by atoms with Crippen LogP contribution in [-0.4, -0.2) is 37.9 Å². The number of piperidine rings is 1. The highest BCUT2D eigenvalue weighted by Crippen LogP contribution is 2.32. The number of benzene rings is 2. The third kappa shape index (κ3) is 3.47. The number of methoxy groups -OCH3 is 1. The number of aromatic amines is 1. The van der Waals surface area contributed by atoms with Crippen molar-refractivity contribution in [2.45, 2.75) is 30.6 Å². The van der Waals surface area contributed by atoms with Crippen LogP contribution >= 0.6 is 0 Å². The summed E-state index contributed by atoms with van der Waals surface area (Å²) in [6.07, 6.45) is 1.83. The van der Waals surface area contributed by atoms with E-state index in [1.807, 2.05) is 37.3 Å². The third-order valence-electron chi connectivity index (χ3n) is 5.33. The second-order valence-corrected chi connectivity index (χ2v) is 9.13. The minimum atomic E-state index is -3.46. The standard InChI is InChI=1S/C21H24N2O3S/c1-15-5-8-19(9-6-15)27(24,25)23-11-3-4-16(14-23)21-13-17-12-18(26-2)7-10-20(17)22-21/h5-10,12-13,16,22H,3-4,11,14H2,1-2H3. The van der Waals surface area contributed by atoms with E-state index in [9.17, 15) is 8.42 Å². The fourth-order valence-electron chi connectivity index (χ4n) is 3.75. The van der Waals surface area contributed by atoms with Crippen LogP contribution in [0.3, 0.4) is 0 Å². The van der Waals surface area contributed by atoms with Crippen LogP contribution in [0, 0.1) is 6.92 Å². The Labute approximate surface area is 160 Å². The number of nitrogens with zero attached hydrogens (tertiary/aromatic N) is 1. The van der Waals surface area contributed by atoms with Gasteiger partial charge in [-0.2, -0.15) is 4.31 Å². The van der Waals surface area contributed by atoms with Crippen molar-refractivity contribution >= 4 is 20.9 Å². The fraction of sp³-hybridized carbons (Fsp3) is 0.333. The molecule has 1 atom stereocenters. The van der Waals surface area contributed by atoms with Crippen molar-refractivity contribution in [3.63, 3.8) is 0 Å². The van der Waals surface area contributed by atoms with Crippen molar-refractivity contribution in [1.82, 2.24) is 9.29 Å². The van der Waals surface area contributed by atoms with E-state index in [2.05, 4.69) is 11.1 Å². The molecule has 1 N–H and O–H groups in total. The van der Waals surface area contributed by atoms with Crippen molar-refractivity contribution < 1.29 is 13.2 Å². The first-order chi connectivity index (χ1) is 13.0. The molecule has 0 aliphatic carbocycles. The maximum absolute atomic E-state index is 13.0. The van der Waals surface area contributed by atoms with Crippen molar-refractivity contribution in [3.8, 4) is 5.75 Å². The minimum Gasteiger partial charge on any atom is -0.497 e. The summed E-state index contributed by atoms with van der Waals surface area (Å²) in [6, 6.07) is 15.1. The zero-order valence-electron chi connectivity index (χ0n) is 15.6. The Morgan fingerprint density at radius 3 is 2.63 bits per heavy atom. The van der Waals surface area contributed by atoms with Gasteiger partial charge in [0.05, 0.1) is 12.0 Å². The summed E-state index contributed by atoms with van der Waals surface area (Å²) >= 11 is 0. The molecule has 1 aliphatic rings. The first-order valence-electron chi connectivity index (χ1n) is 9.21. The molecule has 4 rings (SSSR count). The second kappa shape index (κ2) is 7.02. The second-order valence-electron chi connectivity index (χ2n) is 7.19. The van der Waals surface area contributed by atoms with Gasteiger partial charge >= 0.3 is 0 Å². The van der Waals surface area contributed by atoms with Crippen LogP contribution in [0.5, 0.6) is 5.75 Å². The van der Waals surface area contributed by atoms with E-state index in [-0.39, 0.29) is 5.92 Å². The lowest BCUT2D eigenvalue weighted by Crippen LogP contribution is -2.39. The first kappa shape index (κ1) is 18.1. The largest absolute Gasteiger partial charge is 0.497 e. The molecule has 2 aromatic carbocycles. The lowest BCUT2D eigenvalue weighted by molar-refractivity contribution is 0.313. The number of nitrogens with one attached hydrogen (secondary N) is 1. The Morgan fingerprint density at radius 2 is 1.89 bits per heavy atom. The number of hydrogen-bond donors (Lipinski definition) is 1. The molecule has 1 aromatic heterocycles. The Morgan fingerprint density at radius 1 is 1.11 bits per heavy atom. The molecular formula is C21H24N2O3S. The van der Waals surface area contributed by atoms with Gasteiger partial charge in [0, 0.05) is 35.6 Å². The number of rotatable bonds is 4. The fourth-order valence-corrected chi connectivity index (χ4v) is 5.28. The number of ether oxygens (including phenoxy) is 1. The lowest BCUT2D eigenvalue weighted by Gasteiger charge is -2.31. The molecule has 2 heterocycles. The molecule has 6 heteroatoms. The van der Waals surface area contributed by atoms with Crippen molar-refractivity contribution in [3.05, 3.63) is 59.8 Å². The van der Waals surface area contributed by atoms with Gasteiger partial charge in [-0.25, -0.2) is 8.42 Å². The molecule has 142 valence electrons. The molecule has 0 amide bonds. The first-order valence-corrected chi connectivity index (χ1v) is 10.6. The van der Waals surface area contributed by atoms with Crippen LogP contribution in [0.25, 0.3) is 10.9 Å². The van der Waals surface area contributed by atoms with E-state index < -0.39 is 10.0 Å². The molecule has 1 unspecified atom stereocenters. The van der Waals surface area contributed by atoms with E-state index in [0.717, 1.165) is 40.8 Å². The van der Waals surface area contributed by atoms with Crippen molar-refractivity contribution in [1.29, 1.82) is 0 Å². The summed E-state index contributed by atoms with van der Waals surface area (Å²) in [5, 5.41) is 1.09. The SMILES string of the molecule is COc1ccc2[nH]c(C3CCCN(S(=O)(=O)c4ccc(C)cc4)C3)cc2c1. The topological polar surface area (TPSA) is 62.4 Å². The maximum atomic E-state index is 13.0. The van der Waals surface area contributed by atoms with Gasteiger partial charge < -0.3 is 9.72 Å². The summed E-state index contributed by atoms with van der Waals surface area (Å²) in [5.41, 5.74) is 3.19. The monoisotopic (exact) mass is 384 g/mol. The Bertz CT molecular complexity index is 1050. The molecule has 27 heavy (non-hydrogen) atoms. The zero-order valence-corrected chi connectivity index (χ0v) is 16.4. The van der Waals surface area contributed by atoms with Gasteiger partial charge in [-0.15, -0.1) is 0 Å². The predicted octanol–water partition coefficient (Wildman–Crippen LogP) is 4.05. The van der Waals surface area contributed by atoms with Gasteiger partial charge in [0.25, 0.3) is 0 Å². The average molecular weight is 385 g/mol. The quantitative estimate of drug-likeness (QED) is 0.738. The summed E-state index contributed by atoms with van der Waals surface area (Å²) < 4.78 is 33.0. The van der Waals surface area contributed by atoms with Crippen LogP contribution in [0.2, 0.25) is 0 Å². The molecule has 0 spiro atoms. The summed E-state index contributed by atoms with van der Waals surface area (Å²) in [7, 11) is -1.80. The number of sulfonamides is 1. The van der Waals surface area contributed by atoms with Crippen LogP contribution in [0.1, 0.15) is 30.0 Å². The molecule has 0 radical (unpaired) electrons. The maximum Gasteiger partial charge on any atom is 0.243 e. The molecule has 5 nitrogen and oxygen atoms in total. The molecule has 3 aromatic rings. The number of aromatic nitrogens is 1. The van der Waals surface area contributed by atoms with E-state index in [1.165, 1.54) is 0 Å². The van der Waals surface area contributed by atoms with Crippen LogP contribution in [0.4, 0.5) is 0 Å². The smallest absolute Gasteiger partial charge is 0.243 e. The average Bonchev–Trinajstić information content (AvgIpc) is 3.11. The Balaban J connectivity index is 1.60. The normalized spacial score (nSPS) is 18.7. The van der Waals surface area contributed by atoms with E-state index in [0.29, 0.717) is 18.0 Å². The van der Waals surface area contributed by atoms with Gasteiger partial charge in [0.2, 0.25) is 10.0 Å². The van der Waals surface area contributed by atoms with Gasteiger partial charge in [-0.3, -0.25) is 0 Å². The van der Waals surface area contributed by atoms with Gasteiger partial charge in [-0.1, -0.05) is 17.7 Å². The van der Waals surface area contributed by atoms with E-state index >= 15 is 0 Å². The lowest BCUT2D eigenvalue weighted by atomic mass is 9.96. The number of aryl methyl sites for hydroxylation is 1. The van der Waals surface area contributed by atoms with Gasteiger partial charge in [0.15, 0.2) is 0 Å². The highest BCUT2D eigenvalue weighted by Gasteiger charge is 2.31. The highest BCUT2D eigenvalue weighted by molar-refractivity contribution is 7.89. The predicted molar refractivity (Wildman–Crippen MR) is 107 cm³/mol.